The lowest BCUT2D eigenvalue weighted by Crippen LogP contribution is -2.24. The summed E-state index contributed by atoms with van der Waals surface area (Å²) in [5, 5.41) is 13.2. The summed E-state index contributed by atoms with van der Waals surface area (Å²) >= 11 is 0. The number of hydrogen-bond donors (Lipinski definition) is 3. The van der Waals surface area contributed by atoms with E-state index in [-0.39, 0.29) is 17.2 Å². The first-order chi connectivity index (χ1) is 8.44. The lowest BCUT2D eigenvalue weighted by molar-refractivity contribution is -0.119. The molecular formula is C13H22N4O. The first-order valence-corrected chi connectivity index (χ1v) is 6.50. The van der Waals surface area contributed by atoms with Gasteiger partial charge in [0.1, 0.15) is 0 Å². The van der Waals surface area contributed by atoms with Gasteiger partial charge in [-0.3, -0.25) is 9.89 Å². The molecule has 18 heavy (non-hydrogen) atoms. The Hall–Kier alpha value is -1.36. The van der Waals surface area contributed by atoms with Crippen LogP contribution in [0.4, 0.5) is 5.82 Å². The summed E-state index contributed by atoms with van der Waals surface area (Å²) in [6.45, 7) is 8.22. The molecule has 1 atom stereocenters. The Labute approximate surface area is 108 Å². The number of anilines is 1. The average Bonchev–Trinajstić information content (AvgIpc) is 2.86. The molecule has 0 aliphatic carbocycles. The van der Waals surface area contributed by atoms with Gasteiger partial charge in [-0.15, -0.1) is 0 Å². The normalized spacial score (nSPS) is 20.1. The summed E-state index contributed by atoms with van der Waals surface area (Å²) in [5.41, 5.74) is 1.27. The lowest BCUT2D eigenvalue weighted by Gasteiger charge is -2.15. The highest BCUT2D eigenvalue weighted by Crippen LogP contribution is 2.21. The molecule has 1 aromatic heterocycles. The van der Waals surface area contributed by atoms with Crippen molar-refractivity contribution in [1.82, 2.24) is 15.5 Å². The molecule has 5 nitrogen and oxygen atoms in total. The number of amides is 1. The fourth-order valence-electron chi connectivity index (χ4n) is 2.19. The Bertz CT molecular complexity index is 413. The second-order valence-corrected chi connectivity index (χ2v) is 6.19. The van der Waals surface area contributed by atoms with E-state index in [4.69, 9.17) is 0 Å². The zero-order valence-corrected chi connectivity index (χ0v) is 11.3. The minimum atomic E-state index is 0.0637. The first-order valence-electron chi connectivity index (χ1n) is 6.50. The van der Waals surface area contributed by atoms with Gasteiger partial charge in [0.25, 0.3) is 0 Å². The van der Waals surface area contributed by atoms with Crippen molar-refractivity contribution in [3.8, 4) is 0 Å². The molecule has 100 valence electrons. The number of carbonyl (C=O) groups is 1. The Morgan fingerprint density at radius 2 is 2.33 bits per heavy atom. The minimum Gasteiger partial charge on any atom is -0.316 e. The van der Waals surface area contributed by atoms with Gasteiger partial charge in [-0.05, 0) is 24.8 Å². The maximum Gasteiger partial charge on any atom is 0.230 e. The summed E-state index contributed by atoms with van der Waals surface area (Å²) in [6.07, 6.45) is 1.83. The van der Waals surface area contributed by atoms with E-state index < -0.39 is 0 Å². The Balaban J connectivity index is 1.92. The van der Waals surface area contributed by atoms with Crippen LogP contribution in [-0.2, 0) is 11.2 Å². The second-order valence-electron chi connectivity index (χ2n) is 6.19. The number of carbonyl (C=O) groups excluding carboxylic acids is 1. The van der Waals surface area contributed by atoms with E-state index >= 15 is 0 Å². The van der Waals surface area contributed by atoms with E-state index in [0.29, 0.717) is 5.82 Å². The highest BCUT2D eigenvalue weighted by Gasteiger charge is 2.23. The molecule has 1 amide bonds. The molecule has 0 saturated carbocycles. The highest BCUT2D eigenvalue weighted by atomic mass is 16.2. The summed E-state index contributed by atoms with van der Waals surface area (Å²) in [6, 6.07) is 1.92. The van der Waals surface area contributed by atoms with Crippen LogP contribution >= 0.6 is 0 Å². The van der Waals surface area contributed by atoms with E-state index in [2.05, 4.69) is 41.6 Å². The molecule has 0 aromatic carbocycles. The number of hydrogen-bond acceptors (Lipinski definition) is 3. The number of aromatic amines is 1. The Kier molecular flexibility index (Phi) is 3.71. The average molecular weight is 250 g/mol. The number of rotatable bonds is 3. The van der Waals surface area contributed by atoms with Gasteiger partial charge < -0.3 is 10.6 Å². The third kappa shape index (κ3) is 3.57. The van der Waals surface area contributed by atoms with Gasteiger partial charge in [-0.2, -0.15) is 5.10 Å². The molecule has 2 heterocycles. The predicted molar refractivity (Wildman–Crippen MR) is 71.4 cm³/mol. The zero-order valence-electron chi connectivity index (χ0n) is 11.3. The van der Waals surface area contributed by atoms with Crippen molar-refractivity contribution in [2.24, 2.45) is 11.3 Å². The smallest absolute Gasteiger partial charge is 0.230 e. The summed E-state index contributed by atoms with van der Waals surface area (Å²) in [7, 11) is 0. The number of H-pyrrole nitrogens is 1. The quantitative estimate of drug-likeness (QED) is 0.762. The maximum absolute atomic E-state index is 11.9. The molecule has 0 spiro atoms. The van der Waals surface area contributed by atoms with Crippen LogP contribution in [0.5, 0.6) is 0 Å². The molecule has 1 aliphatic rings. The topological polar surface area (TPSA) is 69.8 Å². The second kappa shape index (κ2) is 5.10. The standard InChI is InChI=1S/C13H22N4O/c1-13(2,3)7-10-6-11(17-16-10)15-12(18)9-4-5-14-8-9/h6,9,14H,4-5,7-8H2,1-3H3,(H2,15,16,17,18). The Morgan fingerprint density at radius 3 is 2.94 bits per heavy atom. The van der Waals surface area contributed by atoms with Crippen molar-refractivity contribution < 1.29 is 4.79 Å². The van der Waals surface area contributed by atoms with E-state index in [1.54, 1.807) is 0 Å². The molecule has 1 saturated heterocycles. The largest absolute Gasteiger partial charge is 0.316 e. The van der Waals surface area contributed by atoms with Gasteiger partial charge in [0.05, 0.1) is 5.92 Å². The van der Waals surface area contributed by atoms with Crippen LogP contribution in [0.1, 0.15) is 32.9 Å². The molecule has 0 radical (unpaired) electrons. The number of nitrogens with one attached hydrogen (secondary N) is 3. The molecule has 1 aromatic rings. The zero-order chi connectivity index (χ0) is 13.2. The fraction of sp³-hybridized carbons (Fsp3) is 0.692. The van der Waals surface area contributed by atoms with Gasteiger partial charge in [0.15, 0.2) is 5.82 Å². The van der Waals surface area contributed by atoms with Crippen molar-refractivity contribution in [2.45, 2.75) is 33.6 Å². The molecule has 1 fully saturated rings. The van der Waals surface area contributed by atoms with E-state index in [1.165, 1.54) is 0 Å². The maximum atomic E-state index is 11.9. The fourth-order valence-corrected chi connectivity index (χ4v) is 2.19. The van der Waals surface area contributed by atoms with Crippen LogP contribution in [0.25, 0.3) is 0 Å². The third-order valence-corrected chi connectivity index (χ3v) is 3.03. The van der Waals surface area contributed by atoms with Crippen molar-refractivity contribution in [1.29, 1.82) is 0 Å². The van der Waals surface area contributed by atoms with E-state index in [1.807, 2.05) is 6.07 Å². The summed E-state index contributed by atoms with van der Waals surface area (Å²) < 4.78 is 0. The van der Waals surface area contributed by atoms with Crippen LogP contribution in [-0.4, -0.2) is 29.2 Å². The van der Waals surface area contributed by atoms with Gasteiger partial charge >= 0.3 is 0 Å². The van der Waals surface area contributed by atoms with Crippen LogP contribution in [0.2, 0.25) is 0 Å². The first kappa shape index (κ1) is 13.1. The highest BCUT2D eigenvalue weighted by molar-refractivity contribution is 5.92. The predicted octanol–water partition coefficient (Wildman–Crippen LogP) is 1.55. The number of nitrogens with zero attached hydrogens (tertiary/aromatic N) is 1. The summed E-state index contributed by atoms with van der Waals surface area (Å²) in [5.74, 6) is 0.771. The van der Waals surface area contributed by atoms with E-state index in [9.17, 15) is 4.79 Å². The van der Waals surface area contributed by atoms with Crippen LogP contribution in [0, 0.1) is 11.3 Å². The van der Waals surface area contributed by atoms with Gasteiger partial charge in [-0.25, -0.2) is 0 Å². The van der Waals surface area contributed by atoms with Crippen molar-refractivity contribution in [3.63, 3.8) is 0 Å². The van der Waals surface area contributed by atoms with Crippen molar-refractivity contribution >= 4 is 11.7 Å². The van der Waals surface area contributed by atoms with Crippen molar-refractivity contribution in [2.75, 3.05) is 18.4 Å². The number of aromatic nitrogens is 2. The van der Waals surface area contributed by atoms with Crippen LogP contribution in [0.3, 0.4) is 0 Å². The van der Waals surface area contributed by atoms with Gasteiger partial charge in [0, 0.05) is 18.3 Å². The molecule has 1 aliphatic heterocycles. The van der Waals surface area contributed by atoms with Crippen LogP contribution in [0.15, 0.2) is 6.07 Å². The van der Waals surface area contributed by atoms with Crippen molar-refractivity contribution in [3.05, 3.63) is 11.8 Å². The monoisotopic (exact) mass is 250 g/mol. The van der Waals surface area contributed by atoms with Gasteiger partial charge in [0.2, 0.25) is 5.91 Å². The molecule has 0 bridgehead atoms. The third-order valence-electron chi connectivity index (χ3n) is 3.03. The minimum absolute atomic E-state index is 0.0637. The SMILES string of the molecule is CC(C)(C)Cc1cc(NC(=O)C2CCNC2)n[nH]1. The molecule has 3 N–H and O–H groups in total. The lowest BCUT2D eigenvalue weighted by atomic mass is 9.91. The molecular weight excluding hydrogens is 228 g/mol. The Morgan fingerprint density at radius 1 is 1.56 bits per heavy atom. The molecule has 2 rings (SSSR count). The van der Waals surface area contributed by atoms with Gasteiger partial charge in [-0.1, -0.05) is 20.8 Å². The summed E-state index contributed by atoms with van der Waals surface area (Å²) in [4.78, 5) is 11.9. The molecule has 1 unspecified atom stereocenters. The van der Waals surface area contributed by atoms with Crippen LogP contribution < -0.4 is 10.6 Å². The van der Waals surface area contributed by atoms with E-state index in [0.717, 1.165) is 31.6 Å². The molecule has 5 heteroatoms.